The third kappa shape index (κ3) is 3.91. The summed E-state index contributed by atoms with van der Waals surface area (Å²) in [6, 6.07) is 9.48. The average Bonchev–Trinajstić information content (AvgIpc) is 3.04. The number of hydrogen-bond donors (Lipinski definition) is 0. The molecule has 0 spiro atoms. The van der Waals surface area contributed by atoms with Crippen molar-refractivity contribution in [2.45, 2.75) is 26.3 Å². The van der Waals surface area contributed by atoms with E-state index in [0.717, 1.165) is 5.69 Å². The van der Waals surface area contributed by atoms with E-state index >= 15 is 0 Å². The minimum atomic E-state index is -0.324. The van der Waals surface area contributed by atoms with Crippen molar-refractivity contribution in [3.63, 3.8) is 0 Å². The molecule has 6 heteroatoms. The minimum Gasteiger partial charge on any atom is -0.444 e. The Morgan fingerprint density at radius 2 is 2.00 bits per heavy atom. The monoisotopic (exact) mass is 339 g/mol. The smallest absolute Gasteiger partial charge is 0.233 e. The number of nitrogens with zero attached hydrogens (tertiary/aromatic N) is 3. The van der Waals surface area contributed by atoms with Crippen LogP contribution in [0.15, 0.2) is 59.5 Å². The highest BCUT2D eigenvalue weighted by atomic mass is 19.1. The predicted molar refractivity (Wildman–Crippen MR) is 92.5 cm³/mol. The maximum absolute atomic E-state index is 13.0. The van der Waals surface area contributed by atoms with Crippen molar-refractivity contribution in [2.75, 3.05) is 4.90 Å². The summed E-state index contributed by atoms with van der Waals surface area (Å²) in [6.07, 6.45) is 4.89. The van der Waals surface area contributed by atoms with Crippen molar-refractivity contribution >= 4 is 11.6 Å². The lowest BCUT2D eigenvalue weighted by Crippen LogP contribution is -2.38. The Balaban J connectivity index is 1.77. The van der Waals surface area contributed by atoms with Gasteiger partial charge in [0.05, 0.1) is 24.0 Å². The van der Waals surface area contributed by atoms with Gasteiger partial charge in [0.2, 0.25) is 11.8 Å². The van der Waals surface area contributed by atoms with Gasteiger partial charge in [0.15, 0.2) is 0 Å². The number of carbonyl (C=O) groups excluding carboxylic acids is 1. The molecule has 25 heavy (non-hydrogen) atoms. The number of oxazole rings is 1. The van der Waals surface area contributed by atoms with Gasteiger partial charge in [-0.3, -0.25) is 9.78 Å². The summed E-state index contributed by atoms with van der Waals surface area (Å²) in [4.78, 5) is 22.8. The first kappa shape index (κ1) is 16.8. The van der Waals surface area contributed by atoms with Crippen molar-refractivity contribution in [1.82, 2.24) is 9.97 Å². The Labute approximate surface area is 145 Å². The molecule has 0 atom stereocenters. The largest absolute Gasteiger partial charge is 0.444 e. The molecule has 0 N–H and O–H groups in total. The molecule has 3 aromatic rings. The fraction of sp³-hybridized carbons (Fsp3) is 0.211. The van der Waals surface area contributed by atoms with E-state index in [0.29, 0.717) is 17.1 Å². The maximum atomic E-state index is 13.0. The molecule has 3 rings (SSSR count). The molecule has 1 aromatic carbocycles. The van der Waals surface area contributed by atoms with Crippen LogP contribution in [0.4, 0.5) is 10.1 Å². The van der Waals surface area contributed by atoms with Crippen LogP contribution >= 0.6 is 0 Å². The van der Waals surface area contributed by atoms with E-state index in [1.54, 1.807) is 35.5 Å². The molecule has 0 fully saturated rings. The SMILES string of the molecule is CC(C)N(C(=O)Cc1coc(-c2ccc(F)cc2)n1)c1cccnc1. The number of anilines is 1. The predicted octanol–water partition coefficient (Wildman–Crippen LogP) is 3.86. The first-order valence-corrected chi connectivity index (χ1v) is 7.97. The van der Waals surface area contributed by atoms with Gasteiger partial charge in [-0.05, 0) is 50.2 Å². The molecule has 5 nitrogen and oxygen atoms in total. The normalized spacial score (nSPS) is 10.9. The fourth-order valence-electron chi connectivity index (χ4n) is 2.58. The van der Waals surface area contributed by atoms with Crippen molar-refractivity contribution in [3.05, 3.63) is 66.6 Å². The van der Waals surface area contributed by atoms with E-state index in [2.05, 4.69) is 9.97 Å². The number of hydrogen-bond acceptors (Lipinski definition) is 4. The van der Waals surface area contributed by atoms with Gasteiger partial charge >= 0.3 is 0 Å². The van der Waals surface area contributed by atoms with Crippen LogP contribution in [0.1, 0.15) is 19.5 Å². The number of amides is 1. The number of halogens is 1. The van der Waals surface area contributed by atoms with Crippen LogP contribution in [-0.2, 0) is 11.2 Å². The first-order chi connectivity index (χ1) is 12.0. The van der Waals surface area contributed by atoms with Crippen LogP contribution in [0.3, 0.4) is 0 Å². The molecule has 0 radical (unpaired) electrons. The third-order valence-electron chi connectivity index (χ3n) is 3.68. The quantitative estimate of drug-likeness (QED) is 0.708. The van der Waals surface area contributed by atoms with Gasteiger partial charge in [0, 0.05) is 17.8 Å². The number of aromatic nitrogens is 2. The second kappa shape index (κ2) is 7.25. The van der Waals surface area contributed by atoms with Gasteiger partial charge in [-0.1, -0.05) is 0 Å². The zero-order valence-corrected chi connectivity index (χ0v) is 14.0. The second-order valence-electron chi connectivity index (χ2n) is 5.90. The third-order valence-corrected chi connectivity index (χ3v) is 3.68. The van der Waals surface area contributed by atoms with Crippen LogP contribution in [0.5, 0.6) is 0 Å². The zero-order chi connectivity index (χ0) is 17.8. The van der Waals surface area contributed by atoms with Crippen LogP contribution in [0, 0.1) is 5.82 Å². The van der Waals surface area contributed by atoms with E-state index in [1.807, 2.05) is 19.9 Å². The molecule has 2 aromatic heterocycles. The molecular weight excluding hydrogens is 321 g/mol. The summed E-state index contributed by atoms with van der Waals surface area (Å²) < 4.78 is 18.4. The summed E-state index contributed by atoms with van der Waals surface area (Å²) in [5.74, 6) is -0.0583. The van der Waals surface area contributed by atoms with Gasteiger partial charge in [-0.25, -0.2) is 9.37 Å². The van der Waals surface area contributed by atoms with Gasteiger partial charge in [0.25, 0.3) is 0 Å². The van der Waals surface area contributed by atoms with Gasteiger partial charge in [-0.15, -0.1) is 0 Å². The Hall–Kier alpha value is -3.02. The topological polar surface area (TPSA) is 59.2 Å². The lowest BCUT2D eigenvalue weighted by atomic mass is 10.2. The summed E-state index contributed by atoms with van der Waals surface area (Å²) in [6.45, 7) is 3.88. The van der Waals surface area contributed by atoms with Crippen molar-refractivity contribution in [1.29, 1.82) is 0 Å². The van der Waals surface area contributed by atoms with Gasteiger partial charge < -0.3 is 9.32 Å². The lowest BCUT2D eigenvalue weighted by molar-refractivity contribution is -0.118. The van der Waals surface area contributed by atoms with E-state index in [-0.39, 0.29) is 24.2 Å². The molecule has 0 aliphatic rings. The molecular formula is C19H18FN3O2. The van der Waals surface area contributed by atoms with Crippen molar-refractivity contribution in [2.24, 2.45) is 0 Å². The molecule has 0 aliphatic heterocycles. The summed E-state index contributed by atoms with van der Waals surface area (Å²) in [7, 11) is 0. The van der Waals surface area contributed by atoms with E-state index in [1.165, 1.54) is 18.4 Å². The standard InChI is InChI=1S/C19H18FN3O2/c1-13(2)23(17-4-3-9-21-11-17)18(24)10-16-12-25-19(22-16)14-5-7-15(20)8-6-14/h3-9,11-13H,10H2,1-2H3. The molecule has 128 valence electrons. The van der Waals surface area contributed by atoms with E-state index in [4.69, 9.17) is 4.42 Å². The van der Waals surface area contributed by atoms with Crippen LogP contribution < -0.4 is 4.90 Å². The van der Waals surface area contributed by atoms with E-state index in [9.17, 15) is 9.18 Å². The highest BCUT2D eigenvalue weighted by Crippen LogP contribution is 2.21. The molecule has 0 saturated heterocycles. The van der Waals surface area contributed by atoms with Gasteiger partial charge in [0.1, 0.15) is 12.1 Å². The summed E-state index contributed by atoms with van der Waals surface area (Å²) in [5.41, 5.74) is 1.93. The zero-order valence-electron chi connectivity index (χ0n) is 14.0. The molecule has 2 heterocycles. The Bertz CT molecular complexity index is 845. The number of pyridine rings is 1. The lowest BCUT2D eigenvalue weighted by Gasteiger charge is -2.26. The summed E-state index contributed by atoms with van der Waals surface area (Å²) in [5, 5.41) is 0. The second-order valence-corrected chi connectivity index (χ2v) is 5.90. The fourth-order valence-corrected chi connectivity index (χ4v) is 2.58. The number of carbonyl (C=O) groups is 1. The van der Waals surface area contributed by atoms with Crippen molar-refractivity contribution < 1.29 is 13.6 Å². The van der Waals surface area contributed by atoms with Crippen LogP contribution in [0.2, 0.25) is 0 Å². The molecule has 0 unspecified atom stereocenters. The minimum absolute atomic E-state index is 0.0137. The van der Waals surface area contributed by atoms with Crippen molar-refractivity contribution in [3.8, 4) is 11.5 Å². The highest BCUT2D eigenvalue weighted by Gasteiger charge is 2.21. The average molecular weight is 339 g/mol. The number of rotatable bonds is 5. The van der Waals surface area contributed by atoms with E-state index < -0.39 is 0 Å². The molecule has 0 aliphatic carbocycles. The summed E-state index contributed by atoms with van der Waals surface area (Å²) >= 11 is 0. The highest BCUT2D eigenvalue weighted by molar-refractivity contribution is 5.94. The number of benzene rings is 1. The molecule has 1 amide bonds. The molecule has 0 saturated carbocycles. The van der Waals surface area contributed by atoms with Crippen LogP contribution in [-0.4, -0.2) is 21.9 Å². The van der Waals surface area contributed by atoms with Crippen LogP contribution in [0.25, 0.3) is 11.5 Å². The Kier molecular flexibility index (Phi) is 4.88. The van der Waals surface area contributed by atoms with Gasteiger partial charge in [-0.2, -0.15) is 0 Å². The Morgan fingerprint density at radius 3 is 2.64 bits per heavy atom. The Morgan fingerprint density at radius 1 is 1.24 bits per heavy atom. The molecule has 0 bridgehead atoms. The first-order valence-electron chi connectivity index (χ1n) is 7.97. The maximum Gasteiger partial charge on any atom is 0.233 e.